The van der Waals surface area contributed by atoms with E-state index in [1.54, 1.807) is 11.3 Å². The maximum Gasteiger partial charge on any atom is 0.183 e. The van der Waals surface area contributed by atoms with Crippen LogP contribution in [-0.4, -0.2) is 36.1 Å². The quantitative estimate of drug-likeness (QED) is 0.917. The number of thiazole rings is 1. The van der Waals surface area contributed by atoms with Crippen molar-refractivity contribution in [2.45, 2.75) is 19.4 Å². The zero-order valence-electron chi connectivity index (χ0n) is 8.97. The highest BCUT2D eigenvalue weighted by atomic mass is 79.9. The summed E-state index contributed by atoms with van der Waals surface area (Å²) in [6.07, 6.45) is 1.82. The van der Waals surface area contributed by atoms with Crippen LogP contribution in [0.2, 0.25) is 0 Å². The molecule has 0 aliphatic heterocycles. The molecule has 0 bridgehead atoms. The van der Waals surface area contributed by atoms with E-state index in [1.807, 2.05) is 6.20 Å². The number of nitrogens with zero attached hydrogens (tertiary/aromatic N) is 2. The number of halogens is 1. The lowest BCUT2D eigenvalue weighted by atomic mass is 10.1. The maximum absolute atomic E-state index is 4.22. The van der Waals surface area contributed by atoms with Crippen molar-refractivity contribution in [2.75, 3.05) is 26.0 Å². The van der Waals surface area contributed by atoms with Crippen LogP contribution in [0.25, 0.3) is 0 Å². The third-order valence-corrected chi connectivity index (χ3v) is 3.79. The minimum absolute atomic E-state index is 0.137. The Kier molecular flexibility index (Phi) is 3.92. The number of hydrogen-bond donors (Lipinski definition) is 1. The predicted molar refractivity (Wildman–Crippen MR) is 66.1 cm³/mol. The molecule has 0 radical (unpaired) electrons. The Bertz CT molecular complexity index is 296. The normalized spacial score (nSPS) is 12.1. The maximum atomic E-state index is 4.22. The molecular formula is C9H16BrN3S. The predicted octanol–water partition coefficient (Wildman–Crippen LogP) is 2.66. The lowest BCUT2D eigenvalue weighted by molar-refractivity contribution is 0.210. The number of likely N-dealkylation sites (N-methyl/N-ethyl adjacent to an activating group) is 1. The van der Waals surface area contributed by atoms with Crippen molar-refractivity contribution in [2.24, 2.45) is 0 Å². The van der Waals surface area contributed by atoms with Gasteiger partial charge in [-0.05, 0) is 43.9 Å². The van der Waals surface area contributed by atoms with E-state index in [2.05, 4.69) is 59.1 Å². The first-order chi connectivity index (χ1) is 6.42. The topological polar surface area (TPSA) is 28.2 Å². The van der Waals surface area contributed by atoms with Crippen LogP contribution >= 0.6 is 27.3 Å². The molecule has 0 saturated heterocycles. The van der Waals surface area contributed by atoms with Crippen molar-refractivity contribution in [3.63, 3.8) is 0 Å². The first-order valence-corrected chi connectivity index (χ1v) is 6.05. The number of aromatic nitrogens is 1. The van der Waals surface area contributed by atoms with E-state index in [0.29, 0.717) is 0 Å². The molecule has 0 aliphatic rings. The Balaban J connectivity index is 2.48. The second kappa shape index (κ2) is 4.59. The van der Waals surface area contributed by atoms with Crippen LogP contribution in [0.1, 0.15) is 13.8 Å². The Morgan fingerprint density at radius 2 is 2.21 bits per heavy atom. The van der Waals surface area contributed by atoms with E-state index < -0.39 is 0 Å². The van der Waals surface area contributed by atoms with E-state index >= 15 is 0 Å². The fourth-order valence-electron chi connectivity index (χ4n) is 0.786. The highest BCUT2D eigenvalue weighted by molar-refractivity contribution is 9.11. The molecule has 5 heteroatoms. The smallest absolute Gasteiger partial charge is 0.183 e. The summed E-state index contributed by atoms with van der Waals surface area (Å²) in [5, 5.41) is 4.29. The standard InChI is InChI=1S/C9H16BrN3S/c1-9(2,13(3)4)6-12-8-11-5-7(10)14-8/h5H,6H2,1-4H3,(H,11,12). The molecule has 3 nitrogen and oxygen atoms in total. The highest BCUT2D eigenvalue weighted by Gasteiger charge is 2.20. The van der Waals surface area contributed by atoms with E-state index in [-0.39, 0.29) is 5.54 Å². The molecule has 0 unspecified atom stereocenters. The summed E-state index contributed by atoms with van der Waals surface area (Å²) >= 11 is 5.00. The minimum Gasteiger partial charge on any atom is -0.360 e. The van der Waals surface area contributed by atoms with Gasteiger partial charge in [-0.25, -0.2) is 4.98 Å². The summed E-state index contributed by atoms with van der Waals surface area (Å²) < 4.78 is 1.06. The van der Waals surface area contributed by atoms with Crippen molar-refractivity contribution >= 4 is 32.4 Å². The molecule has 0 saturated carbocycles. The lowest BCUT2D eigenvalue weighted by Crippen LogP contribution is -2.44. The molecule has 0 aliphatic carbocycles. The fourth-order valence-corrected chi connectivity index (χ4v) is 1.89. The molecule has 0 aromatic carbocycles. The van der Waals surface area contributed by atoms with Gasteiger partial charge < -0.3 is 10.2 Å². The van der Waals surface area contributed by atoms with Crippen LogP contribution in [0.3, 0.4) is 0 Å². The summed E-state index contributed by atoms with van der Waals surface area (Å²) in [5.41, 5.74) is 0.137. The van der Waals surface area contributed by atoms with Crippen molar-refractivity contribution in [3.8, 4) is 0 Å². The van der Waals surface area contributed by atoms with Gasteiger partial charge in [0.1, 0.15) is 0 Å². The number of nitrogens with one attached hydrogen (secondary N) is 1. The average Bonchev–Trinajstić information content (AvgIpc) is 2.48. The van der Waals surface area contributed by atoms with E-state index in [9.17, 15) is 0 Å². The average molecular weight is 278 g/mol. The van der Waals surface area contributed by atoms with Gasteiger partial charge in [0.05, 0.1) is 9.98 Å². The molecule has 1 aromatic rings. The van der Waals surface area contributed by atoms with Crippen LogP contribution in [0.15, 0.2) is 9.98 Å². The van der Waals surface area contributed by atoms with Gasteiger partial charge in [-0.3, -0.25) is 0 Å². The summed E-state index contributed by atoms with van der Waals surface area (Å²) in [4.78, 5) is 6.42. The molecule has 14 heavy (non-hydrogen) atoms. The summed E-state index contributed by atoms with van der Waals surface area (Å²) in [7, 11) is 4.17. The molecule has 1 aromatic heterocycles. The molecule has 0 atom stereocenters. The van der Waals surface area contributed by atoms with E-state index in [0.717, 1.165) is 15.5 Å². The molecule has 0 fully saturated rings. The van der Waals surface area contributed by atoms with E-state index in [4.69, 9.17) is 0 Å². The first kappa shape index (κ1) is 11.9. The van der Waals surface area contributed by atoms with Gasteiger partial charge in [0.25, 0.3) is 0 Å². The van der Waals surface area contributed by atoms with Crippen molar-refractivity contribution in [3.05, 3.63) is 9.98 Å². The van der Waals surface area contributed by atoms with Crippen molar-refractivity contribution in [1.82, 2.24) is 9.88 Å². The van der Waals surface area contributed by atoms with Crippen LogP contribution in [-0.2, 0) is 0 Å². The third-order valence-electron chi connectivity index (χ3n) is 2.36. The summed E-state index contributed by atoms with van der Waals surface area (Å²) in [6, 6.07) is 0. The summed E-state index contributed by atoms with van der Waals surface area (Å²) in [5.74, 6) is 0. The third kappa shape index (κ3) is 3.22. The van der Waals surface area contributed by atoms with Gasteiger partial charge in [0, 0.05) is 12.1 Å². The Morgan fingerprint density at radius 3 is 2.64 bits per heavy atom. The summed E-state index contributed by atoms with van der Waals surface area (Å²) in [6.45, 7) is 5.28. The molecule has 0 spiro atoms. The van der Waals surface area contributed by atoms with Crippen LogP contribution < -0.4 is 5.32 Å². The second-order valence-electron chi connectivity index (χ2n) is 4.03. The van der Waals surface area contributed by atoms with Gasteiger partial charge in [0.2, 0.25) is 0 Å². The van der Waals surface area contributed by atoms with Crippen LogP contribution in [0.4, 0.5) is 5.13 Å². The molecule has 0 amide bonds. The highest BCUT2D eigenvalue weighted by Crippen LogP contribution is 2.23. The molecule has 1 heterocycles. The Hall–Kier alpha value is -0.130. The zero-order chi connectivity index (χ0) is 10.8. The molecule has 1 rings (SSSR count). The number of rotatable bonds is 4. The molecule has 1 N–H and O–H groups in total. The van der Waals surface area contributed by atoms with Crippen molar-refractivity contribution < 1.29 is 0 Å². The Labute approximate surface area is 97.7 Å². The monoisotopic (exact) mass is 277 g/mol. The molecule has 80 valence electrons. The minimum atomic E-state index is 0.137. The SMILES string of the molecule is CN(C)C(C)(C)CNc1ncc(Br)s1. The second-order valence-corrected chi connectivity index (χ2v) is 6.44. The van der Waals surface area contributed by atoms with Gasteiger partial charge in [0.15, 0.2) is 5.13 Å². The van der Waals surface area contributed by atoms with Crippen LogP contribution in [0.5, 0.6) is 0 Å². The van der Waals surface area contributed by atoms with Gasteiger partial charge in [-0.1, -0.05) is 11.3 Å². The van der Waals surface area contributed by atoms with Gasteiger partial charge in [-0.2, -0.15) is 0 Å². The molecular weight excluding hydrogens is 262 g/mol. The van der Waals surface area contributed by atoms with E-state index in [1.165, 1.54) is 0 Å². The van der Waals surface area contributed by atoms with Crippen LogP contribution in [0, 0.1) is 0 Å². The largest absolute Gasteiger partial charge is 0.360 e. The van der Waals surface area contributed by atoms with Crippen molar-refractivity contribution in [1.29, 1.82) is 0 Å². The van der Waals surface area contributed by atoms with Gasteiger partial charge in [-0.15, -0.1) is 0 Å². The number of anilines is 1. The first-order valence-electron chi connectivity index (χ1n) is 4.44. The fraction of sp³-hybridized carbons (Fsp3) is 0.667. The number of hydrogen-bond acceptors (Lipinski definition) is 4. The lowest BCUT2D eigenvalue weighted by Gasteiger charge is -2.32. The van der Waals surface area contributed by atoms with Gasteiger partial charge >= 0.3 is 0 Å². The Morgan fingerprint density at radius 1 is 1.57 bits per heavy atom. The zero-order valence-corrected chi connectivity index (χ0v) is 11.4.